The monoisotopic (exact) mass is 717 g/mol. The first-order valence-corrected chi connectivity index (χ1v) is 21.7. The molecule has 9 nitrogen and oxygen atoms in total. The van der Waals surface area contributed by atoms with Gasteiger partial charge in [-0.05, 0) is 25.7 Å². The maximum absolute atomic E-state index is 12.4. The summed E-state index contributed by atoms with van der Waals surface area (Å²) in [7, 11) is 3.03. The van der Waals surface area contributed by atoms with Gasteiger partial charge < -0.3 is 27.0 Å². The lowest BCUT2D eigenvalue weighted by molar-refractivity contribution is -0.138. The molecule has 0 aliphatic heterocycles. The molecule has 282 valence electrons. The summed E-state index contributed by atoms with van der Waals surface area (Å²) in [5.74, 6) is -0.351. The van der Waals surface area contributed by atoms with E-state index in [2.05, 4.69) is 5.32 Å². The van der Waals surface area contributed by atoms with Gasteiger partial charge in [0.2, 0.25) is 5.91 Å². The SMILES string of the molecule is NC(CSSCC(N)C(=O)NCCCCCCCCCCCCCCC(=O)O)C(=O)CCCCCCCCCCCCCCCC(=O)O. The zero-order chi connectivity index (χ0) is 35.5. The van der Waals surface area contributed by atoms with Gasteiger partial charge in [0.15, 0.2) is 0 Å². The second-order valence-electron chi connectivity index (χ2n) is 13.4. The summed E-state index contributed by atoms with van der Waals surface area (Å²) in [5, 5.41) is 20.2. The van der Waals surface area contributed by atoms with Gasteiger partial charge in [0, 0.05) is 37.3 Å². The third kappa shape index (κ3) is 34.6. The number of unbranched alkanes of at least 4 members (excludes halogenated alkanes) is 23. The molecule has 1 amide bonds. The number of carboxylic acids is 2. The predicted molar refractivity (Wildman–Crippen MR) is 203 cm³/mol. The van der Waals surface area contributed by atoms with Gasteiger partial charge in [-0.25, -0.2) is 0 Å². The molecule has 0 aromatic carbocycles. The largest absolute Gasteiger partial charge is 0.481 e. The van der Waals surface area contributed by atoms with E-state index in [1.54, 1.807) is 0 Å². The Morgan fingerprint density at radius 3 is 1.08 bits per heavy atom. The van der Waals surface area contributed by atoms with Gasteiger partial charge in [-0.1, -0.05) is 156 Å². The average molecular weight is 718 g/mol. The molecule has 0 bridgehead atoms. The first-order valence-electron chi connectivity index (χ1n) is 19.2. The number of amides is 1. The number of rotatable bonds is 38. The topological polar surface area (TPSA) is 173 Å². The van der Waals surface area contributed by atoms with Crippen LogP contribution in [0.3, 0.4) is 0 Å². The maximum Gasteiger partial charge on any atom is 0.303 e. The summed E-state index contributed by atoms with van der Waals surface area (Å²) in [6.07, 6.45) is 29.7. The molecule has 2 atom stereocenters. The van der Waals surface area contributed by atoms with Gasteiger partial charge in [-0.15, -0.1) is 0 Å². The minimum atomic E-state index is -0.694. The normalized spacial score (nSPS) is 12.5. The smallest absolute Gasteiger partial charge is 0.303 e. The zero-order valence-electron chi connectivity index (χ0n) is 30.1. The fourth-order valence-electron chi connectivity index (χ4n) is 5.63. The molecule has 0 radical (unpaired) electrons. The van der Waals surface area contributed by atoms with Crippen molar-refractivity contribution in [1.29, 1.82) is 0 Å². The molecule has 48 heavy (non-hydrogen) atoms. The van der Waals surface area contributed by atoms with Crippen molar-refractivity contribution in [3.8, 4) is 0 Å². The molecule has 0 aromatic heterocycles. The fraction of sp³-hybridized carbons (Fsp3) is 0.892. The lowest BCUT2D eigenvalue weighted by Gasteiger charge is -2.13. The summed E-state index contributed by atoms with van der Waals surface area (Å²) in [6, 6.07) is -1.03. The average Bonchev–Trinajstić information content (AvgIpc) is 3.05. The Bertz CT molecular complexity index is 741. The zero-order valence-corrected chi connectivity index (χ0v) is 31.7. The predicted octanol–water partition coefficient (Wildman–Crippen LogP) is 8.80. The van der Waals surface area contributed by atoms with E-state index >= 15 is 0 Å². The van der Waals surface area contributed by atoms with Crippen LogP contribution in [0.5, 0.6) is 0 Å². The molecule has 0 heterocycles. The Kier molecular flexibility index (Phi) is 34.6. The number of Topliss-reactive ketones (excluding diaryl/α,β-unsaturated/α-hetero) is 1. The number of carbonyl (C=O) groups is 4. The third-order valence-electron chi connectivity index (χ3n) is 8.76. The molecule has 0 aliphatic rings. The number of carboxylic acid groups (broad SMARTS) is 2. The molecule has 2 unspecified atom stereocenters. The molecule has 0 aliphatic carbocycles. The van der Waals surface area contributed by atoms with E-state index < -0.39 is 24.0 Å². The number of nitrogens with two attached hydrogens (primary N) is 2. The minimum absolute atomic E-state index is 0.117. The Morgan fingerprint density at radius 1 is 0.438 bits per heavy atom. The van der Waals surface area contributed by atoms with Crippen LogP contribution in [-0.4, -0.2) is 64.0 Å². The van der Waals surface area contributed by atoms with E-state index in [0.717, 1.165) is 64.2 Å². The van der Waals surface area contributed by atoms with Crippen molar-refractivity contribution in [2.24, 2.45) is 11.5 Å². The highest BCUT2D eigenvalue weighted by atomic mass is 33.1. The molecule has 0 saturated carbocycles. The van der Waals surface area contributed by atoms with E-state index in [4.69, 9.17) is 21.7 Å². The Labute approximate surface area is 300 Å². The van der Waals surface area contributed by atoms with Crippen molar-refractivity contribution in [3.63, 3.8) is 0 Å². The van der Waals surface area contributed by atoms with Gasteiger partial charge in [-0.3, -0.25) is 19.2 Å². The number of aliphatic carboxylic acids is 2. The summed E-state index contributed by atoms with van der Waals surface area (Å²) in [4.78, 5) is 45.6. The molecule has 0 aromatic rings. The number of hydrogen-bond donors (Lipinski definition) is 5. The van der Waals surface area contributed by atoms with Crippen molar-refractivity contribution in [2.75, 3.05) is 18.1 Å². The lowest BCUT2D eigenvalue weighted by Crippen LogP contribution is -2.42. The van der Waals surface area contributed by atoms with Gasteiger partial charge in [-0.2, -0.15) is 0 Å². The lowest BCUT2D eigenvalue weighted by atomic mass is 10.0. The second-order valence-corrected chi connectivity index (χ2v) is 16.0. The van der Waals surface area contributed by atoms with Gasteiger partial charge >= 0.3 is 11.9 Å². The number of nitrogens with one attached hydrogen (secondary N) is 1. The molecule has 0 rings (SSSR count). The molecule has 7 N–H and O–H groups in total. The third-order valence-corrected chi connectivity index (χ3v) is 11.2. The first kappa shape index (κ1) is 46.7. The Hall–Kier alpha value is -1.30. The van der Waals surface area contributed by atoms with Crippen LogP contribution >= 0.6 is 21.6 Å². The summed E-state index contributed by atoms with van der Waals surface area (Å²) in [6.45, 7) is 0.658. The van der Waals surface area contributed by atoms with Gasteiger partial charge in [0.1, 0.15) is 5.78 Å². The number of carbonyl (C=O) groups excluding carboxylic acids is 2. The first-order chi connectivity index (χ1) is 23.2. The summed E-state index contributed by atoms with van der Waals surface area (Å²) in [5.41, 5.74) is 12.2. The summed E-state index contributed by atoms with van der Waals surface area (Å²) < 4.78 is 0. The van der Waals surface area contributed by atoms with Crippen molar-refractivity contribution < 1.29 is 29.4 Å². The van der Waals surface area contributed by atoms with Crippen LogP contribution in [0.15, 0.2) is 0 Å². The highest BCUT2D eigenvalue weighted by Crippen LogP contribution is 2.23. The van der Waals surface area contributed by atoms with Crippen LogP contribution in [0.2, 0.25) is 0 Å². The Balaban J connectivity index is 3.49. The van der Waals surface area contributed by atoms with Crippen LogP contribution in [0.4, 0.5) is 0 Å². The van der Waals surface area contributed by atoms with Crippen molar-refractivity contribution in [3.05, 3.63) is 0 Å². The van der Waals surface area contributed by atoms with Crippen LogP contribution < -0.4 is 16.8 Å². The fourth-order valence-corrected chi connectivity index (χ4v) is 7.91. The van der Waals surface area contributed by atoms with Gasteiger partial charge in [0.25, 0.3) is 0 Å². The van der Waals surface area contributed by atoms with Crippen molar-refractivity contribution in [1.82, 2.24) is 5.32 Å². The van der Waals surface area contributed by atoms with Crippen LogP contribution in [0.25, 0.3) is 0 Å². The minimum Gasteiger partial charge on any atom is -0.481 e. The Morgan fingerprint density at radius 2 is 0.729 bits per heavy atom. The quantitative estimate of drug-likeness (QED) is 0.0307. The summed E-state index contributed by atoms with van der Waals surface area (Å²) >= 11 is 0. The second kappa shape index (κ2) is 35.5. The number of hydrogen-bond acceptors (Lipinski definition) is 8. The van der Waals surface area contributed by atoms with Crippen LogP contribution in [0, 0.1) is 0 Å². The van der Waals surface area contributed by atoms with E-state index in [-0.39, 0.29) is 11.7 Å². The standard InChI is InChI=1S/C37H71N3O6S2/c38-32(34(41)26-22-18-14-10-6-2-1-3-7-11-15-19-23-27-35(42)43)30-47-48-31-33(39)37(46)40-29-25-21-17-13-9-5-4-8-12-16-20-24-28-36(44)45/h32-33H,1-31,38-39H2,(H,40,46)(H,42,43)(H,44,45). The molecule has 11 heteroatoms. The highest BCUT2D eigenvalue weighted by Gasteiger charge is 2.16. The molecule has 0 saturated heterocycles. The van der Waals surface area contributed by atoms with E-state index in [9.17, 15) is 19.2 Å². The van der Waals surface area contributed by atoms with Crippen LogP contribution in [0.1, 0.15) is 180 Å². The molecular weight excluding hydrogens is 647 g/mol. The molecule has 0 spiro atoms. The maximum atomic E-state index is 12.4. The van der Waals surface area contributed by atoms with Crippen molar-refractivity contribution in [2.45, 2.75) is 192 Å². The van der Waals surface area contributed by atoms with E-state index in [1.165, 1.54) is 118 Å². The highest BCUT2D eigenvalue weighted by molar-refractivity contribution is 8.76. The molecule has 0 fully saturated rings. The van der Waals surface area contributed by atoms with E-state index in [1.807, 2.05) is 0 Å². The van der Waals surface area contributed by atoms with E-state index in [0.29, 0.717) is 37.3 Å². The van der Waals surface area contributed by atoms with Gasteiger partial charge in [0.05, 0.1) is 12.1 Å². The molecular formula is C37H71N3O6S2. The van der Waals surface area contributed by atoms with Crippen LogP contribution in [-0.2, 0) is 19.2 Å². The van der Waals surface area contributed by atoms with Crippen molar-refractivity contribution >= 4 is 45.2 Å². The number of ketones is 1.